The van der Waals surface area contributed by atoms with Crippen molar-refractivity contribution in [2.45, 2.75) is 32.2 Å². The molecule has 0 N–H and O–H groups in total. The molecule has 8 heteroatoms. The maximum Gasteiger partial charge on any atom is 0.338 e. The van der Waals surface area contributed by atoms with Crippen molar-refractivity contribution in [3.63, 3.8) is 0 Å². The van der Waals surface area contributed by atoms with E-state index in [0.717, 1.165) is 18.4 Å². The van der Waals surface area contributed by atoms with Crippen molar-refractivity contribution in [1.82, 2.24) is 5.01 Å². The van der Waals surface area contributed by atoms with Crippen LogP contribution in [0.2, 0.25) is 0 Å². The number of benzene rings is 2. The number of ether oxygens (including phenoxy) is 3. The van der Waals surface area contributed by atoms with Crippen LogP contribution in [0.5, 0.6) is 0 Å². The van der Waals surface area contributed by atoms with Gasteiger partial charge in [0, 0.05) is 11.8 Å². The van der Waals surface area contributed by atoms with Crippen molar-refractivity contribution in [3.8, 4) is 0 Å². The van der Waals surface area contributed by atoms with Crippen LogP contribution < -0.4 is 5.01 Å². The number of methoxy groups -OCH3 is 2. The van der Waals surface area contributed by atoms with E-state index in [0.29, 0.717) is 29.1 Å². The third kappa shape index (κ3) is 4.51. The highest BCUT2D eigenvalue weighted by molar-refractivity contribution is 6.10. The molecule has 0 spiro atoms. The van der Waals surface area contributed by atoms with Gasteiger partial charge in [-0.3, -0.25) is 14.8 Å². The maximum atomic E-state index is 13.1. The van der Waals surface area contributed by atoms with Crippen molar-refractivity contribution in [2.75, 3.05) is 25.8 Å². The number of hydrogen-bond acceptors (Lipinski definition) is 8. The summed E-state index contributed by atoms with van der Waals surface area (Å²) in [4.78, 5) is 38.7. The molecule has 2 aliphatic heterocycles. The molecule has 8 nitrogen and oxygen atoms in total. The molecule has 0 aliphatic carbocycles. The van der Waals surface area contributed by atoms with Crippen LogP contribution in [0.1, 0.15) is 37.3 Å². The zero-order valence-corrected chi connectivity index (χ0v) is 20.0. The number of anilines is 1. The van der Waals surface area contributed by atoms with Gasteiger partial charge in [0.1, 0.15) is 0 Å². The Morgan fingerprint density at radius 3 is 2.26 bits per heavy atom. The third-order valence-electron chi connectivity index (χ3n) is 5.99. The van der Waals surface area contributed by atoms with Gasteiger partial charge in [0.05, 0.1) is 44.2 Å². The Labute approximate surface area is 204 Å². The Bertz CT molecular complexity index is 1190. The Morgan fingerprint density at radius 2 is 1.60 bits per heavy atom. The molecule has 2 aromatic carbocycles. The van der Waals surface area contributed by atoms with Gasteiger partial charge in [0.25, 0.3) is 0 Å². The molecule has 0 radical (unpaired) electrons. The normalized spacial score (nSPS) is 16.3. The quantitative estimate of drug-likeness (QED) is 0.322. The van der Waals surface area contributed by atoms with Crippen LogP contribution in [0.15, 0.2) is 66.4 Å². The molecule has 0 saturated carbocycles. The summed E-state index contributed by atoms with van der Waals surface area (Å²) in [6, 6.07) is 15.6. The summed E-state index contributed by atoms with van der Waals surface area (Å²) in [5.41, 5.74) is 3.54. The minimum Gasteiger partial charge on any atom is -0.467 e. The van der Waals surface area contributed by atoms with Crippen LogP contribution in [0.25, 0.3) is 11.3 Å². The van der Waals surface area contributed by atoms with Gasteiger partial charge in [-0.2, -0.15) is 0 Å². The van der Waals surface area contributed by atoms with Gasteiger partial charge < -0.3 is 14.2 Å². The minimum atomic E-state index is -1.08. The van der Waals surface area contributed by atoms with Crippen LogP contribution in [-0.4, -0.2) is 49.8 Å². The monoisotopic (exact) mass is 476 g/mol. The van der Waals surface area contributed by atoms with Crippen LogP contribution in [0, 0.1) is 0 Å². The fourth-order valence-corrected chi connectivity index (χ4v) is 4.37. The second-order valence-corrected chi connectivity index (χ2v) is 8.15. The first-order valence-electron chi connectivity index (χ1n) is 11.5. The molecule has 1 atom stereocenters. The average molecular weight is 477 g/mol. The largest absolute Gasteiger partial charge is 0.467 e. The summed E-state index contributed by atoms with van der Waals surface area (Å²) in [6.07, 6.45) is 3.55. The van der Waals surface area contributed by atoms with Gasteiger partial charge >= 0.3 is 17.9 Å². The van der Waals surface area contributed by atoms with E-state index >= 15 is 0 Å². The predicted octanol–water partition coefficient (Wildman–Crippen LogP) is 3.94. The number of rotatable bonds is 8. The zero-order valence-electron chi connectivity index (χ0n) is 20.0. The lowest BCUT2D eigenvalue weighted by Crippen LogP contribution is -2.46. The molecule has 0 fully saturated rings. The second kappa shape index (κ2) is 10.5. The van der Waals surface area contributed by atoms with Crippen LogP contribution in [0.4, 0.5) is 5.69 Å². The topological polar surface area (TPSA) is 85.4 Å². The van der Waals surface area contributed by atoms with E-state index in [-0.39, 0.29) is 18.0 Å². The zero-order chi connectivity index (χ0) is 24.9. The number of carbonyl (C=O) groups is 3. The number of esters is 3. The standard InChI is InChI=1S/C27H28N2O6/c1-4-5-15-35-22(30)16-18-17-28-24(21-14-10-9-13-20(18)21)23(26(31)33-2)25(27(32)34-3)29(28)19-11-7-6-8-12-19/h6-14,17,25H,4-5,15-16H2,1-3H3. The lowest BCUT2D eigenvalue weighted by molar-refractivity contribution is -0.144. The van der Waals surface area contributed by atoms with Crippen molar-refractivity contribution in [1.29, 1.82) is 0 Å². The summed E-state index contributed by atoms with van der Waals surface area (Å²) >= 11 is 0. The Balaban J connectivity index is 1.89. The molecule has 0 saturated heterocycles. The third-order valence-corrected chi connectivity index (χ3v) is 5.99. The summed E-state index contributed by atoms with van der Waals surface area (Å²) in [7, 11) is 2.56. The summed E-state index contributed by atoms with van der Waals surface area (Å²) in [5.74, 6) is -1.58. The van der Waals surface area contributed by atoms with E-state index < -0.39 is 18.0 Å². The number of hydrazine groups is 1. The Kier molecular flexibility index (Phi) is 7.19. The first-order valence-corrected chi connectivity index (χ1v) is 11.5. The highest BCUT2D eigenvalue weighted by atomic mass is 16.5. The number of unbranched alkanes of at least 4 members (excludes halogenated alkanes) is 1. The maximum absolute atomic E-state index is 13.1. The van der Waals surface area contributed by atoms with Crippen molar-refractivity contribution in [3.05, 3.63) is 77.5 Å². The molecule has 2 heterocycles. The molecule has 0 amide bonds. The Morgan fingerprint density at radius 1 is 0.914 bits per heavy atom. The smallest absolute Gasteiger partial charge is 0.338 e. The van der Waals surface area contributed by atoms with E-state index in [9.17, 15) is 14.4 Å². The first-order chi connectivity index (χ1) is 17.0. The molecule has 2 aliphatic rings. The van der Waals surface area contributed by atoms with Gasteiger partial charge in [-0.15, -0.1) is 0 Å². The second-order valence-electron chi connectivity index (χ2n) is 8.15. The molecular weight excluding hydrogens is 448 g/mol. The van der Waals surface area contributed by atoms with Gasteiger partial charge in [-0.25, -0.2) is 9.59 Å². The van der Waals surface area contributed by atoms with Gasteiger partial charge in [0.15, 0.2) is 6.04 Å². The average Bonchev–Trinajstić information content (AvgIpc) is 3.23. The Hall–Kier alpha value is -4.07. The molecule has 0 aromatic heterocycles. The van der Waals surface area contributed by atoms with Crippen molar-refractivity contribution in [2.24, 2.45) is 0 Å². The summed E-state index contributed by atoms with van der Waals surface area (Å²) < 4.78 is 15.6. The summed E-state index contributed by atoms with van der Waals surface area (Å²) in [5, 5.41) is 3.42. The molecule has 4 rings (SSSR count). The van der Waals surface area contributed by atoms with Gasteiger partial charge in [-0.05, 0) is 29.7 Å². The van der Waals surface area contributed by atoms with Crippen LogP contribution >= 0.6 is 0 Å². The molecule has 35 heavy (non-hydrogen) atoms. The van der Waals surface area contributed by atoms with Gasteiger partial charge in [0.2, 0.25) is 0 Å². The minimum absolute atomic E-state index is 0.0452. The summed E-state index contributed by atoms with van der Waals surface area (Å²) in [6.45, 7) is 2.40. The van der Waals surface area contributed by atoms with E-state index in [1.54, 1.807) is 16.2 Å². The lowest BCUT2D eigenvalue weighted by Gasteiger charge is -2.37. The number of fused-ring (bicyclic) bond motifs is 3. The fraction of sp³-hybridized carbons (Fsp3) is 0.296. The van der Waals surface area contributed by atoms with Crippen molar-refractivity contribution < 1.29 is 28.6 Å². The lowest BCUT2D eigenvalue weighted by atomic mass is 9.91. The number of carbonyl (C=O) groups excluding carboxylic acids is 3. The van der Waals surface area contributed by atoms with Gasteiger partial charge in [-0.1, -0.05) is 55.8 Å². The highest BCUT2D eigenvalue weighted by Gasteiger charge is 2.49. The number of hydrogen-bond donors (Lipinski definition) is 0. The SMILES string of the molecule is CCCCOC(=O)CC1=CN2C(=C(C(=O)OC)C(C(=O)OC)N2c2ccccc2)c2ccccc21. The van der Waals surface area contributed by atoms with Crippen molar-refractivity contribution >= 4 is 34.9 Å². The highest BCUT2D eigenvalue weighted by Crippen LogP contribution is 2.46. The van der Waals surface area contributed by atoms with Crippen LogP contribution in [-0.2, 0) is 28.6 Å². The van der Waals surface area contributed by atoms with E-state index in [2.05, 4.69) is 0 Å². The molecule has 1 unspecified atom stereocenters. The first kappa shape index (κ1) is 24.1. The molecule has 2 aromatic rings. The molecular formula is C27H28N2O6. The molecule has 182 valence electrons. The predicted molar refractivity (Wildman–Crippen MR) is 130 cm³/mol. The molecule has 0 bridgehead atoms. The fourth-order valence-electron chi connectivity index (χ4n) is 4.37. The van der Waals surface area contributed by atoms with E-state index in [1.807, 2.05) is 61.5 Å². The van der Waals surface area contributed by atoms with E-state index in [1.165, 1.54) is 14.2 Å². The van der Waals surface area contributed by atoms with Crippen LogP contribution in [0.3, 0.4) is 0 Å². The number of nitrogens with zero attached hydrogens (tertiary/aromatic N) is 2. The van der Waals surface area contributed by atoms with E-state index in [4.69, 9.17) is 14.2 Å². The number of para-hydroxylation sites is 1.